The van der Waals surface area contributed by atoms with Crippen molar-refractivity contribution in [1.29, 1.82) is 0 Å². The van der Waals surface area contributed by atoms with Crippen LogP contribution in [-0.2, 0) is 0 Å². The molecule has 0 aromatic carbocycles. The lowest BCUT2D eigenvalue weighted by molar-refractivity contribution is 0.0574. The van der Waals surface area contributed by atoms with Gasteiger partial charge in [-0.3, -0.25) is 4.90 Å². The third kappa shape index (κ3) is 3.66. The van der Waals surface area contributed by atoms with E-state index in [1.165, 1.54) is 6.20 Å². The number of pyridine rings is 1. The summed E-state index contributed by atoms with van der Waals surface area (Å²) < 4.78 is 0. The number of piperazine rings is 1. The fourth-order valence-corrected chi connectivity index (χ4v) is 2.21. The highest BCUT2D eigenvalue weighted by Crippen LogP contribution is 2.14. The van der Waals surface area contributed by atoms with E-state index in [9.17, 15) is 9.90 Å². The maximum atomic E-state index is 10.8. The minimum atomic E-state index is -0.980. The van der Waals surface area contributed by atoms with Crippen LogP contribution in [0.25, 0.3) is 0 Å². The molecule has 0 amide bonds. The van der Waals surface area contributed by atoms with E-state index in [2.05, 4.69) is 14.8 Å². The quantitative estimate of drug-likeness (QED) is 0.653. The number of anilines is 1. The zero-order chi connectivity index (χ0) is 14.5. The summed E-state index contributed by atoms with van der Waals surface area (Å²) in [5.74, 6) is -0.218. The first-order valence-corrected chi connectivity index (χ1v) is 6.55. The second-order valence-corrected chi connectivity index (χ2v) is 4.83. The van der Waals surface area contributed by atoms with Gasteiger partial charge in [-0.2, -0.15) is 0 Å². The zero-order valence-corrected chi connectivity index (χ0v) is 11.1. The van der Waals surface area contributed by atoms with Crippen molar-refractivity contribution in [1.82, 2.24) is 9.88 Å². The highest BCUT2D eigenvalue weighted by Gasteiger charge is 2.19. The molecule has 0 bridgehead atoms. The number of aliphatic hydroxyl groups excluding tert-OH is 2. The van der Waals surface area contributed by atoms with E-state index in [4.69, 9.17) is 10.2 Å². The Kier molecular flexibility index (Phi) is 4.89. The molecule has 1 fully saturated rings. The molecule has 1 aromatic rings. The van der Waals surface area contributed by atoms with Crippen molar-refractivity contribution in [3.8, 4) is 0 Å². The van der Waals surface area contributed by atoms with Crippen molar-refractivity contribution in [2.45, 2.75) is 6.10 Å². The Balaban J connectivity index is 1.88. The molecule has 1 unspecified atom stereocenters. The minimum absolute atomic E-state index is 0.179. The summed E-state index contributed by atoms with van der Waals surface area (Å²) in [5, 5.41) is 27.0. The molecule has 1 saturated heterocycles. The van der Waals surface area contributed by atoms with Crippen LogP contribution in [0.4, 0.5) is 5.82 Å². The maximum Gasteiger partial charge on any atom is 0.337 e. The van der Waals surface area contributed by atoms with Gasteiger partial charge in [0.25, 0.3) is 0 Å². The standard InChI is InChI=1S/C13H19N3O4/c17-9-11(18)8-15-3-5-16(6-4-15)12-2-1-10(7-14-12)13(19)20/h1-2,7,11,17-18H,3-6,8-9H2,(H,19,20). The number of aliphatic hydroxyl groups is 2. The van der Waals surface area contributed by atoms with Crippen molar-refractivity contribution in [2.75, 3.05) is 44.2 Å². The molecular weight excluding hydrogens is 262 g/mol. The molecule has 3 N–H and O–H groups in total. The number of hydrogen-bond acceptors (Lipinski definition) is 6. The lowest BCUT2D eigenvalue weighted by Gasteiger charge is -2.36. The van der Waals surface area contributed by atoms with E-state index >= 15 is 0 Å². The number of carbonyl (C=O) groups is 1. The Bertz CT molecular complexity index is 443. The first kappa shape index (κ1) is 14.7. The zero-order valence-electron chi connectivity index (χ0n) is 11.1. The molecule has 1 aromatic heterocycles. The van der Waals surface area contributed by atoms with E-state index < -0.39 is 12.1 Å². The van der Waals surface area contributed by atoms with Crippen molar-refractivity contribution >= 4 is 11.8 Å². The SMILES string of the molecule is O=C(O)c1ccc(N2CCN(CC(O)CO)CC2)nc1. The van der Waals surface area contributed by atoms with E-state index in [1.54, 1.807) is 12.1 Å². The van der Waals surface area contributed by atoms with Gasteiger partial charge < -0.3 is 20.2 Å². The Morgan fingerprint density at radius 1 is 1.30 bits per heavy atom. The highest BCUT2D eigenvalue weighted by molar-refractivity contribution is 5.87. The van der Waals surface area contributed by atoms with E-state index in [1.807, 2.05) is 0 Å². The van der Waals surface area contributed by atoms with Crippen LogP contribution in [0, 0.1) is 0 Å². The minimum Gasteiger partial charge on any atom is -0.478 e. The van der Waals surface area contributed by atoms with E-state index in [0.29, 0.717) is 6.54 Å². The molecule has 20 heavy (non-hydrogen) atoms. The maximum absolute atomic E-state index is 10.8. The van der Waals surface area contributed by atoms with Gasteiger partial charge in [0, 0.05) is 38.9 Å². The Labute approximate surface area is 117 Å². The lowest BCUT2D eigenvalue weighted by atomic mass is 10.2. The predicted octanol–water partition coefficient (Wildman–Crippen LogP) is -0.745. The summed E-state index contributed by atoms with van der Waals surface area (Å²) in [4.78, 5) is 19.1. The third-order valence-electron chi connectivity index (χ3n) is 3.37. The van der Waals surface area contributed by atoms with Gasteiger partial charge in [-0.05, 0) is 12.1 Å². The topological polar surface area (TPSA) is 97.1 Å². The van der Waals surface area contributed by atoms with Gasteiger partial charge in [0.15, 0.2) is 0 Å². The molecule has 2 rings (SSSR count). The first-order chi connectivity index (χ1) is 9.60. The van der Waals surface area contributed by atoms with Crippen molar-refractivity contribution in [2.24, 2.45) is 0 Å². The fourth-order valence-electron chi connectivity index (χ4n) is 2.21. The van der Waals surface area contributed by atoms with Crippen LogP contribution in [0.15, 0.2) is 18.3 Å². The van der Waals surface area contributed by atoms with Gasteiger partial charge >= 0.3 is 5.97 Å². The Hall–Kier alpha value is -1.70. The molecule has 1 aliphatic rings. The molecule has 7 nitrogen and oxygen atoms in total. The van der Waals surface area contributed by atoms with Gasteiger partial charge in [0.1, 0.15) is 5.82 Å². The summed E-state index contributed by atoms with van der Waals surface area (Å²) in [6.45, 7) is 3.32. The largest absolute Gasteiger partial charge is 0.478 e. The second kappa shape index (κ2) is 6.65. The normalized spacial score (nSPS) is 18.0. The third-order valence-corrected chi connectivity index (χ3v) is 3.37. The van der Waals surface area contributed by atoms with Gasteiger partial charge in [0.05, 0.1) is 18.3 Å². The van der Waals surface area contributed by atoms with Gasteiger partial charge in [-0.1, -0.05) is 0 Å². The summed E-state index contributed by atoms with van der Waals surface area (Å²) in [7, 11) is 0. The van der Waals surface area contributed by atoms with Gasteiger partial charge in [-0.25, -0.2) is 9.78 Å². The average molecular weight is 281 g/mol. The van der Waals surface area contributed by atoms with Gasteiger partial charge in [-0.15, -0.1) is 0 Å². The van der Waals surface area contributed by atoms with Crippen LogP contribution >= 0.6 is 0 Å². The number of rotatable bonds is 5. The van der Waals surface area contributed by atoms with Crippen molar-refractivity contribution in [3.05, 3.63) is 23.9 Å². The number of β-amino-alcohol motifs (C(OH)–C–C–N with tert-alkyl or cyclic N) is 1. The molecule has 7 heteroatoms. The van der Waals surface area contributed by atoms with Crippen molar-refractivity contribution in [3.63, 3.8) is 0 Å². The molecule has 0 spiro atoms. The van der Waals surface area contributed by atoms with Crippen LogP contribution in [0.2, 0.25) is 0 Å². The number of aromatic nitrogens is 1. The number of aromatic carboxylic acids is 1. The summed E-state index contributed by atoms with van der Waals surface area (Å²) in [6.07, 6.45) is 0.661. The molecule has 2 heterocycles. The fraction of sp³-hybridized carbons (Fsp3) is 0.538. The number of carboxylic acids is 1. The molecule has 110 valence electrons. The lowest BCUT2D eigenvalue weighted by Crippen LogP contribution is -2.49. The van der Waals surface area contributed by atoms with E-state index in [-0.39, 0.29) is 12.2 Å². The number of hydrogen-bond donors (Lipinski definition) is 3. The number of nitrogens with zero attached hydrogens (tertiary/aromatic N) is 3. The van der Waals surface area contributed by atoms with Crippen LogP contribution in [0.3, 0.4) is 0 Å². The summed E-state index contributed by atoms with van der Waals surface area (Å²) >= 11 is 0. The first-order valence-electron chi connectivity index (χ1n) is 6.55. The van der Waals surface area contributed by atoms with Crippen molar-refractivity contribution < 1.29 is 20.1 Å². The monoisotopic (exact) mass is 281 g/mol. The highest BCUT2D eigenvalue weighted by atomic mass is 16.4. The molecule has 0 aliphatic carbocycles. The van der Waals surface area contributed by atoms with Crippen LogP contribution in [0.5, 0.6) is 0 Å². The van der Waals surface area contributed by atoms with E-state index in [0.717, 1.165) is 32.0 Å². The van der Waals surface area contributed by atoms with Gasteiger partial charge in [0.2, 0.25) is 0 Å². The second-order valence-electron chi connectivity index (χ2n) is 4.83. The van der Waals surface area contributed by atoms with Crippen LogP contribution in [0.1, 0.15) is 10.4 Å². The summed E-state index contributed by atoms with van der Waals surface area (Å²) in [5.41, 5.74) is 0.179. The molecule has 0 radical (unpaired) electrons. The average Bonchev–Trinajstić information content (AvgIpc) is 2.48. The molecular formula is C13H19N3O4. The Morgan fingerprint density at radius 2 is 2.00 bits per heavy atom. The van der Waals surface area contributed by atoms with Crippen LogP contribution < -0.4 is 4.90 Å². The Morgan fingerprint density at radius 3 is 2.50 bits per heavy atom. The number of carboxylic acid groups (broad SMARTS) is 1. The predicted molar refractivity (Wildman–Crippen MR) is 72.9 cm³/mol. The summed E-state index contributed by atoms with van der Waals surface area (Å²) in [6, 6.07) is 3.26. The smallest absolute Gasteiger partial charge is 0.337 e. The molecule has 0 saturated carbocycles. The van der Waals surface area contributed by atoms with Crippen LogP contribution in [-0.4, -0.2) is 76.6 Å². The molecule has 1 aliphatic heterocycles. The molecule has 1 atom stereocenters.